The van der Waals surface area contributed by atoms with Gasteiger partial charge >= 0.3 is 5.69 Å². The van der Waals surface area contributed by atoms with E-state index in [1.165, 1.54) is 0 Å². The summed E-state index contributed by atoms with van der Waals surface area (Å²) in [5, 5.41) is 0.659. The quantitative estimate of drug-likeness (QED) is 0.659. The molecule has 0 saturated heterocycles. The zero-order chi connectivity index (χ0) is 12.7. The Hall–Kier alpha value is -2.00. The Morgan fingerprint density at radius 2 is 1.56 bits per heavy atom. The van der Waals surface area contributed by atoms with Gasteiger partial charge < -0.3 is 0 Å². The number of aromatic nitrogens is 2. The number of nitrogens with zero attached hydrogens (tertiary/aromatic N) is 2. The van der Waals surface area contributed by atoms with Crippen LogP contribution >= 0.6 is 11.6 Å². The number of hydrogen-bond donors (Lipinski definition) is 0. The molecule has 0 aliphatic rings. The van der Waals surface area contributed by atoms with Gasteiger partial charge in [0.05, 0.1) is 16.7 Å². The molecule has 0 amide bonds. The number of imidazole rings is 1. The predicted molar refractivity (Wildman–Crippen MR) is 73.5 cm³/mol. The lowest BCUT2D eigenvalue weighted by atomic mass is 10.3. The van der Waals surface area contributed by atoms with Crippen molar-refractivity contribution < 1.29 is 0 Å². The van der Waals surface area contributed by atoms with E-state index in [-0.39, 0.29) is 5.69 Å². The number of fused-ring (bicyclic) bond motifs is 1. The van der Waals surface area contributed by atoms with E-state index in [2.05, 4.69) is 0 Å². The maximum absolute atomic E-state index is 12.3. The highest BCUT2D eigenvalue weighted by molar-refractivity contribution is 6.30. The molecule has 0 bridgehead atoms. The van der Waals surface area contributed by atoms with Crippen LogP contribution < -0.4 is 5.69 Å². The van der Waals surface area contributed by atoms with Crippen LogP contribution in [0.3, 0.4) is 0 Å². The average Bonchev–Trinajstić information content (AvgIpc) is 2.64. The molecule has 4 heteroatoms. The van der Waals surface area contributed by atoms with Gasteiger partial charge in [0.25, 0.3) is 0 Å². The zero-order valence-electron chi connectivity index (χ0n) is 9.80. The molecule has 3 nitrogen and oxygen atoms in total. The van der Waals surface area contributed by atoms with Gasteiger partial charge in [-0.1, -0.05) is 23.7 Å². The Morgan fingerprint density at radius 3 is 2.22 bits per heavy atom. The standard InChI is InChI=1S/C14H11ClN2O/c1-16-12-4-2-3-5-13(12)17(14(16)18)11-8-6-10(15)7-9-11/h2-9H,1H3. The van der Waals surface area contributed by atoms with Gasteiger partial charge in [-0.3, -0.25) is 9.13 Å². The van der Waals surface area contributed by atoms with Crippen LogP contribution in [-0.4, -0.2) is 9.13 Å². The van der Waals surface area contributed by atoms with Crippen LogP contribution in [-0.2, 0) is 7.05 Å². The minimum Gasteiger partial charge on any atom is -0.295 e. The third kappa shape index (κ3) is 1.56. The van der Waals surface area contributed by atoms with Crippen molar-refractivity contribution in [3.63, 3.8) is 0 Å². The van der Waals surface area contributed by atoms with Crippen LogP contribution in [0.25, 0.3) is 16.7 Å². The average molecular weight is 259 g/mol. The molecule has 1 heterocycles. The van der Waals surface area contributed by atoms with E-state index < -0.39 is 0 Å². The van der Waals surface area contributed by atoms with Crippen LogP contribution in [0.5, 0.6) is 0 Å². The van der Waals surface area contributed by atoms with Crippen molar-refractivity contribution in [3.8, 4) is 5.69 Å². The highest BCUT2D eigenvalue weighted by Gasteiger charge is 2.10. The molecule has 0 fully saturated rings. The molecule has 3 rings (SSSR count). The van der Waals surface area contributed by atoms with Crippen LogP contribution in [0.4, 0.5) is 0 Å². The summed E-state index contributed by atoms with van der Waals surface area (Å²) in [6.07, 6.45) is 0. The molecule has 2 aromatic carbocycles. The van der Waals surface area contributed by atoms with Crippen molar-refractivity contribution in [2.24, 2.45) is 7.05 Å². The summed E-state index contributed by atoms with van der Waals surface area (Å²) < 4.78 is 3.33. The summed E-state index contributed by atoms with van der Waals surface area (Å²) >= 11 is 5.87. The fraction of sp³-hybridized carbons (Fsp3) is 0.0714. The first-order valence-corrected chi connectivity index (χ1v) is 5.99. The first-order valence-electron chi connectivity index (χ1n) is 5.61. The Labute approximate surface area is 109 Å². The van der Waals surface area contributed by atoms with Gasteiger partial charge in [-0.25, -0.2) is 4.79 Å². The van der Waals surface area contributed by atoms with Crippen LogP contribution in [0.2, 0.25) is 5.02 Å². The highest BCUT2D eigenvalue weighted by Crippen LogP contribution is 2.18. The van der Waals surface area contributed by atoms with Gasteiger partial charge in [0.1, 0.15) is 0 Å². The van der Waals surface area contributed by atoms with Crippen molar-refractivity contribution in [2.45, 2.75) is 0 Å². The number of aryl methyl sites for hydroxylation is 1. The van der Waals surface area contributed by atoms with Gasteiger partial charge in [-0.2, -0.15) is 0 Å². The maximum atomic E-state index is 12.3. The van der Waals surface area contributed by atoms with E-state index in [0.717, 1.165) is 16.7 Å². The Morgan fingerprint density at radius 1 is 0.944 bits per heavy atom. The zero-order valence-corrected chi connectivity index (χ0v) is 10.6. The maximum Gasteiger partial charge on any atom is 0.333 e. The number of para-hydroxylation sites is 2. The number of rotatable bonds is 1. The second-order valence-corrected chi connectivity index (χ2v) is 4.58. The molecule has 90 valence electrons. The summed E-state index contributed by atoms with van der Waals surface area (Å²) in [7, 11) is 1.77. The van der Waals surface area contributed by atoms with Crippen LogP contribution in [0, 0.1) is 0 Å². The second kappa shape index (κ2) is 4.03. The van der Waals surface area contributed by atoms with Gasteiger partial charge in [-0.05, 0) is 36.4 Å². The minimum atomic E-state index is -0.0569. The Kier molecular flexibility index (Phi) is 2.49. The predicted octanol–water partition coefficient (Wildman–Crippen LogP) is 2.98. The normalized spacial score (nSPS) is 11.0. The van der Waals surface area contributed by atoms with E-state index in [1.54, 1.807) is 28.3 Å². The molecule has 0 aliphatic heterocycles. The summed E-state index contributed by atoms with van der Waals surface area (Å²) in [5.41, 5.74) is 2.57. The number of halogens is 1. The molecule has 0 radical (unpaired) electrons. The number of benzene rings is 2. The third-order valence-corrected chi connectivity index (χ3v) is 3.30. The Bertz CT molecular complexity index is 769. The summed E-state index contributed by atoms with van der Waals surface area (Å²) in [4.78, 5) is 12.3. The molecule has 0 atom stereocenters. The first-order chi connectivity index (χ1) is 8.68. The second-order valence-electron chi connectivity index (χ2n) is 4.14. The van der Waals surface area contributed by atoms with E-state index in [4.69, 9.17) is 11.6 Å². The summed E-state index contributed by atoms with van der Waals surface area (Å²) in [6, 6.07) is 15.0. The molecule has 0 saturated carbocycles. The molecule has 18 heavy (non-hydrogen) atoms. The molecule has 0 spiro atoms. The SMILES string of the molecule is Cn1c(=O)n(-c2ccc(Cl)cc2)c2ccccc21. The molecular formula is C14H11ClN2O. The van der Waals surface area contributed by atoms with E-state index in [0.29, 0.717) is 5.02 Å². The lowest BCUT2D eigenvalue weighted by Gasteiger charge is -2.02. The van der Waals surface area contributed by atoms with Gasteiger partial charge in [0.2, 0.25) is 0 Å². The van der Waals surface area contributed by atoms with E-state index >= 15 is 0 Å². The molecular weight excluding hydrogens is 248 g/mol. The third-order valence-electron chi connectivity index (χ3n) is 3.05. The smallest absolute Gasteiger partial charge is 0.295 e. The molecule has 0 N–H and O–H groups in total. The lowest BCUT2D eigenvalue weighted by molar-refractivity contribution is 0.846. The van der Waals surface area contributed by atoms with E-state index in [1.807, 2.05) is 36.4 Å². The monoisotopic (exact) mass is 258 g/mol. The topological polar surface area (TPSA) is 26.9 Å². The van der Waals surface area contributed by atoms with Gasteiger partial charge in [0.15, 0.2) is 0 Å². The largest absolute Gasteiger partial charge is 0.333 e. The fourth-order valence-corrected chi connectivity index (χ4v) is 2.26. The van der Waals surface area contributed by atoms with Crippen molar-refractivity contribution in [3.05, 3.63) is 64.0 Å². The number of hydrogen-bond acceptors (Lipinski definition) is 1. The summed E-state index contributed by atoms with van der Waals surface area (Å²) in [5.74, 6) is 0. The van der Waals surface area contributed by atoms with Crippen molar-refractivity contribution in [1.29, 1.82) is 0 Å². The Balaban J connectivity index is 2.39. The van der Waals surface area contributed by atoms with Crippen molar-refractivity contribution in [1.82, 2.24) is 9.13 Å². The van der Waals surface area contributed by atoms with Gasteiger partial charge in [-0.15, -0.1) is 0 Å². The molecule has 3 aromatic rings. The van der Waals surface area contributed by atoms with E-state index in [9.17, 15) is 4.79 Å². The first kappa shape index (κ1) is 11.1. The van der Waals surface area contributed by atoms with Gasteiger partial charge in [0, 0.05) is 12.1 Å². The fourth-order valence-electron chi connectivity index (χ4n) is 2.13. The van der Waals surface area contributed by atoms with Crippen LogP contribution in [0.15, 0.2) is 53.3 Å². The molecule has 0 unspecified atom stereocenters. The molecule has 0 aliphatic carbocycles. The molecule has 1 aromatic heterocycles. The van der Waals surface area contributed by atoms with Crippen molar-refractivity contribution >= 4 is 22.6 Å². The minimum absolute atomic E-state index is 0.0569. The summed E-state index contributed by atoms with van der Waals surface area (Å²) in [6.45, 7) is 0. The van der Waals surface area contributed by atoms with Crippen molar-refractivity contribution in [2.75, 3.05) is 0 Å². The van der Waals surface area contributed by atoms with Crippen LogP contribution in [0.1, 0.15) is 0 Å². The highest BCUT2D eigenvalue weighted by atomic mass is 35.5. The lowest BCUT2D eigenvalue weighted by Crippen LogP contribution is -2.20.